The van der Waals surface area contributed by atoms with Crippen molar-refractivity contribution in [3.05, 3.63) is 35.9 Å². The molecule has 0 atom stereocenters. The predicted molar refractivity (Wildman–Crippen MR) is 87.6 cm³/mol. The van der Waals surface area contributed by atoms with Gasteiger partial charge in [0, 0.05) is 25.2 Å². The van der Waals surface area contributed by atoms with Crippen LogP contribution in [0.5, 0.6) is 0 Å². The number of nitrogens with one attached hydrogen (secondary N) is 2. The molecule has 126 valence electrons. The number of hydrogen-bond acceptors (Lipinski definition) is 3. The summed E-state index contributed by atoms with van der Waals surface area (Å²) in [6.07, 6.45) is 1.92. The highest BCUT2D eigenvalue weighted by Crippen LogP contribution is 2.34. The summed E-state index contributed by atoms with van der Waals surface area (Å²) in [4.78, 5) is 13.6. The van der Waals surface area contributed by atoms with Crippen LogP contribution in [0.15, 0.2) is 30.3 Å². The highest BCUT2D eigenvalue weighted by atomic mass is 16.5. The van der Waals surface area contributed by atoms with Gasteiger partial charge in [-0.05, 0) is 18.4 Å². The molecular weight excluding hydrogens is 292 g/mol. The summed E-state index contributed by atoms with van der Waals surface area (Å²) in [5.41, 5.74) is 1.32. The third-order valence-electron chi connectivity index (χ3n) is 5.07. The molecule has 2 aliphatic heterocycles. The van der Waals surface area contributed by atoms with Gasteiger partial charge in [-0.25, -0.2) is 0 Å². The number of amides is 1. The lowest BCUT2D eigenvalue weighted by Gasteiger charge is -2.38. The Hall–Kier alpha value is -1.43. The van der Waals surface area contributed by atoms with E-state index in [1.807, 2.05) is 6.07 Å². The van der Waals surface area contributed by atoms with Crippen LogP contribution in [-0.2, 0) is 19.7 Å². The van der Waals surface area contributed by atoms with Crippen LogP contribution in [0, 0.1) is 0 Å². The lowest BCUT2D eigenvalue weighted by atomic mass is 9.74. The SMILES string of the molecule is O=C(C[NH+]1CCOCC1)NCC1(c2ccccc2)CCOCC1. The van der Waals surface area contributed by atoms with Crippen molar-refractivity contribution >= 4 is 5.91 Å². The molecule has 0 radical (unpaired) electrons. The highest BCUT2D eigenvalue weighted by Gasteiger charge is 2.35. The van der Waals surface area contributed by atoms with Gasteiger partial charge in [-0.2, -0.15) is 0 Å². The van der Waals surface area contributed by atoms with Crippen molar-refractivity contribution in [2.24, 2.45) is 0 Å². The zero-order valence-electron chi connectivity index (χ0n) is 13.7. The first-order valence-corrected chi connectivity index (χ1v) is 8.60. The Labute approximate surface area is 137 Å². The van der Waals surface area contributed by atoms with Gasteiger partial charge in [0.1, 0.15) is 13.1 Å². The van der Waals surface area contributed by atoms with Gasteiger partial charge in [0.15, 0.2) is 6.54 Å². The van der Waals surface area contributed by atoms with E-state index in [-0.39, 0.29) is 11.3 Å². The molecule has 5 nitrogen and oxygen atoms in total. The summed E-state index contributed by atoms with van der Waals surface area (Å²) in [6.45, 7) is 6.13. The molecule has 2 aliphatic rings. The first-order valence-electron chi connectivity index (χ1n) is 8.60. The molecule has 2 heterocycles. The fourth-order valence-electron chi connectivity index (χ4n) is 3.52. The number of hydrogen-bond donors (Lipinski definition) is 2. The average Bonchev–Trinajstić information content (AvgIpc) is 2.62. The lowest BCUT2D eigenvalue weighted by molar-refractivity contribution is -0.900. The van der Waals surface area contributed by atoms with Crippen molar-refractivity contribution in [1.82, 2.24) is 5.32 Å². The van der Waals surface area contributed by atoms with Gasteiger partial charge in [-0.1, -0.05) is 30.3 Å². The first-order chi connectivity index (χ1) is 11.3. The summed E-state index contributed by atoms with van der Waals surface area (Å²) in [5, 5.41) is 3.18. The zero-order valence-corrected chi connectivity index (χ0v) is 13.7. The van der Waals surface area contributed by atoms with Crippen molar-refractivity contribution in [2.75, 3.05) is 52.6 Å². The van der Waals surface area contributed by atoms with Gasteiger partial charge in [-0.3, -0.25) is 4.79 Å². The third kappa shape index (κ3) is 4.31. The number of ether oxygens (including phenoxy) is 2. The van der Waals surface area contributed by atoms with Gasteiger partial charge in [-0.15, -0.1) is 0 Å². The molecule has 1 amide bonds. The minimum Gasteiger partial charge on any atom is -0.381 e. The van der Waals surface area contributed by atoms with E-state index in [2.05, 4.69) is 29.6 Å². The number of carbonyl (C=O) groups excluding carboxylic acids is 1. The largest absolute Gasteiger partial charge is 0.381 e. The highest BCUT2D eigenvalue weighted by molar-refractivity contribution is 5.77. The van der Waals surface area contributed by atoms with Gasteiger partial charge in [0.05, 0.1) is 13.2 Å². The van der Waals surface area contributed by atoms with Crippen molar-refractivity contribution in [2.45, 2.75) is 18.3 Å². The molecule has 2 fully saturated rings. The zero-order chi connectivity index (χ0) is 16.0. The molecule has 5 heteroatoms. The molecule has 0 aliphatic carbocycles. The number of benzene rings is 1. The number of carbonyl (C=O) groups is 1. The van der Waals surface area contributed by atoms with Gasteiger partial charge in [0.2, 0.25) is 0 Å². The Morgan fingerprint density at radius 2 is 1.70 bits per heavy atom. The summed E-state index contributed by atoms with van der Waals surface area (Å²) in [7, 11) is 0. The lowest BCUT2D eigenvalue weighted by Crippen LogP contribution is -3.15. The van der Waals surface area contributed by atoms with Crippen LogP contribution in [-0.4, -0.2) is 58.5 Å². The molecular formula is C18H27N2O3+. The topological polar surface area (TPSA) is 52.0 Å². The van der Waals surface area contributed by atoms with E-state index in [1.165, 1.54) is 10.5 Å². The predicted octanol–water partition coefficient (Wildman–Crippen LogP) is -0.234. The van der Waals surface area contributed by atoms with E-state index in [0.717, 1.165) is 52.4 Å². The number of morpholine rings is 1. The second-order valence-corrected chi connectivity index (χ2v) is 6.57. The molecule has 1 aromatic rings. The Morgan fingerprint density at radius 1 is 1.04 bits per heavy atom. The summed E-state index contributed by atoms with van der Waals surface area (Å²) >= 11 is 0. The second kappa shape index (κ2) is 7.90. The molecule has 2 saturated heterocycles. The van der Waals surface area contributed by atoms with Crippen LogP contribution in [0.25, 0.3) is 0 Å². The fraction of sp³-hybridized carbons (Fsp3) is 0.611. The monoisotopic (exact) mass is 319 g/mol. The van der Waals surface area contributed by atoms with Crippen molar-refractivity contribution in [3.63, 3.8) is 0 Å². The van der Waals surface area contributed by atoms with Crippen LogP contribution in [0.4, 0.5) is 0 Å². The van der Waals surface area contributed by atoms with E-state index in [9.17, 15) is 4.79 Å². The van der Waals surface area contributed by atoms with Crippen LogP contribution in [0.3, 0.4) is 0 Å². The van der Waals surface area contributed by atoms with E-state index in [4.69, 9.17) is 9.47 Å². The Balaban J connectivity index is 1.59. The molecule has 0 unspecified atom stereocenters. The normalized spacial score (nSPS) is 21.7. The summed E-state index contributed by atoms with van der Waals surface area (Å²) in [5.74, 6) is 0.142. The molecule has 1 aromatic carbocycles. The standard InChI is InChI=1S/C18H26N2O3/c21-17(14-20-8-12-23-13-9-20)19-15-18(6-10-22-11-7-18)16-4-2-1-3-5-16/h1-5H,6-15H2,(H,19,21)/p+1. The van der Waals surface area contributed by atoms with Crippen LogP contribution < -0.4 is 10.2 Å². The van der Waals surface area contributed by atoms with Gasteiger partial charge < -0.3 is 19.7 Å². The molecule has 0 spiro atoms. The number of quaternary nitrogens is 1. The summed E-state index contributed by atoms with van der Waals surface area (Å²) in [6, 6.07) is 10.5. The van der Waals surface area contributed by atoms with E-state index in [1.54, 1.807) is 0 Å². The van der Waals surface area contributed by atoms with Crippen molar-refractivity contribution in [3.8, 4) is 0 Å². The van der Waals surface area contributed by atoms with Gasteiger partial charge in [0.25, 0.3) is 5.91 Å². The van der Waals surface area contributed by atoms with Crippen LogP contribution >= 0.6 is 0 Å². The Bertz CT molecular complexity index is 494. The van der Waals surface area contributed by atoms with Crippen molar-refractivity contribution in [1.29, 1.82) is 0 Å². The molecule has 3 rings (SSSR count). The molecule has 2 N–H and O–H groups in total. The fourth-order valence-corrected chi connectivity index (χ4v) is 3.52. The minimum absolute atomic E-state index is 0.00944. The van der Waals surface area contributed by atoms with E-state index < -0.39 is 0 Å². The second-order valence-electron chi connectivity index (χ2n) is 6.57. The third-order valence-corrected chi connectivity index (χ3v) is 5.07. The van der Waals surface area contributed by atoms with Crippen LogP contribution in [0.2, 0.25) is 0 Å². The quantitative estimate of drug-likeness (QED) is 0.788. The maximum absolute atomic E-state index is 12.3. The first kappa shape index (κ1) is 16.4. The van der Waals surface area contributed by atoms with Crippen LogP contribution in [0.1, 0.15) is 18.4 Å². The average molecular weight is 319 g/mol. The maximum Gasteiger partial charge on any atom is 0.275 e. The minimum atomic E-state index is 0.00944. The van der Waals surface area contributed by atoms with E-state index >= 15 is 0 Å². The summed E-state index contributed by atoms with van der Waals surface area (Å²) < 4.78 is 10.9. The molecule has 0 bridgehead atoms. The maximum atomic E-state index is 12.3. The Kier molecular flexibility index (Phi) is 5.65. The molecule has 0 saturated carbocycles. The molecule has 23 heavy (non-hydrogen) atoms. The Morgan fingerprint density at radius 3 is 2.39 bits per heavy atom. The molecule has 0 aromatic heterocycles. The van der Waals surface area contributed by atoms with Crippen molar-refractivity contribution < 1.29 is 19.2 Å². The van der Waals surface area contributed by atoms with Gasteiger partial charge >= 0.3 is 0 Å². The smallest absolute Gasteiger partial charge is 0.275 e. The van der Waals surface area contributed by atoms with E-state index in [0.29, 0.717) is 13.1 Å². The number of rotatable bonds is 5.